The van der Waals surface area contributed by atoms with E-state index in [1.54, 1.807) is 18.4 Å². The topological polar surface area (TPSA) is 54.5 Å². The lowest BCUT2D eigenvalue weighted by atomic mass is 10.2. The maximum Gasteiger partial charge on any atom is 0.244 e. The Morgan fingerprint density at radius 3 is 2.73 bits per heavy atom. The van der Waals surface area contributed by atoms with Crippen LogP contribution >= 0.6 is 27.3 Å². The second-order valence-electron chi connectivity index (χ2n) is 6.76. The number of thiazole rings is 1. The Kier molecular flexibility index (Phi) is 6.01. The molecule has 3 aromatic carbocycles. The monoisotopic (exact) mass is 481 g/mol. The number of nitrogens with one attached hydrogen (secondary N) is 1. The molecule has 1 heterocycles. The highest BCUT2D eigenvalue weighted by atomic mass is 79.9. The van der Waals surface area contributed by atoms with Crippen LogP contribution in [0.25, 0.3) is 10.2 Å². The number of nitrogens with zero attached hydrogens (tertiary/aromatic N) is 2. The van der Waals surface area contributed by atoms with Gasteiger partial charge in [-0.3, -0.25) is 4.79 Å². The molecule has 7 heteroatoms. The number of aryl methyl sites for hydroxylation is 1. The minimum absolute atomic E-state index is 0.126. The number of aromatic nitrogens is 1. The SMILES string of the molecule is COc1cccc(N(CC(=O)Nc2ccc(Br)c(C)c2)c2nc3ccccc3s2)c1. The van der Waals surface area contributed by atoms with Gasteiger partial charge in [0.05, 0.1) is 17.3 Å². The molecule has 4 rings (SSSR count). The summed E-state index contributed by atoms with van der Waals surface area (Å²) in [4.78, 5) is 19.6. The first-order valence-electron chi connectivity index (χ1n) is 9.36. The van der Waals surface area contributed by atoms with Crippen molar-refractivity contribution in [3.8, 4) is 5.75 Å². The van der Waals surface area contributed by atoms with Crippen LogP contribution in [0.5, 0.6) is 5.75 Å². The van der Waals surface area contributed by atoms with E-state index in [1.165, 1.54) is 0 Å². The lowest BCUT2D eigenvalue weighted by molar-refractivity contribution is -0.114. The van der Waals surface area contributed by atoms with Crippen LogP contribution in [0.2, 0.25) is 0 Å². The average Bonchev–Trinajstić information content (AvgIpc) is 3.18. The Balaban J connectivity index is 1.65. The summed E-state index contributed by atoms with van der Waals surface area (Å²) in [7, 11) is 1.63. The molecule has 1 amide bonds. The number of hydrogen-bond acceptors (Lipinski definition) is 5. The quantitative estimate of drug-likeness (QED) is 0.358. The molecule has 1 N–H and O–H groups in total. The van der Waals surface area contributed by atoms with Gasteiger partial charge in [0.1, 0.15) is 12.3 Å². The Bertz CT molecular complexity index is 1180. The van der Waals surface area contributed by atoms with Gasteiger partial charge < -0.3 is 15.0 Å². The van der Waals surface area contributed by atoms with Crippen LogP contribution in [0, 0.1) is 6.92 Å². The molecule has 0 aliphatic carbocycles. The second kappa shape index (κ2) is 8.85. The fraction of sp³-hybridized carbons (Fsp3) is 0.130. The minimum Gasteiger partial charge on any atom is -0.497 e. The van der Waals surface area contributed by atoms with Gasteiger partial charge in [0.2, 0.25) is 5.91 Å². The van der Waals surface area contributed by atoms with E-state index in [0.29, 0.717) is 0 Å². The molecule has 0 radical (unpaired) electrons. The van der Waals surface area contributed by atoms with Crippen molar-refractivity contribution in [1.29, 1.82) is 0 Å². The Hall–Kier alpha value is -2.90. The van der Waals surface area contributed by atoms with Crippen molar-refractivity contribution >= 4 is 59.9 Å². The van der Waals surface area contributed by atoms with Crippen molar-refractivity contribution in [3.05, 3.63) is 76.8 Å². The smallest absolute Gasteiger partial charge is 0.244 e. The number of ether oxygens (including phenoxy) is 1. The number of halogens is 1. The number of methoxy groups -OCH3 is 1. The Morgan fingerprint density at radius 1 is 1.13 bits per heavy atom. The van der Waals surface area contributed by atoms with E-state index < -0.39 is 0 Å². The summed E-state index contributed by atoms with van der Waals surface area (Å²) in [6.07, 6.45) is 0. The van der Waals surface area contributed by atoms with Crippen LogP contribution in [0.1, 0.15) is 5.56 Å². The van der Waals surface area contributed by atoms with Crippen molar-refractivity contribution in [1.82, 2.24) is 4.98 Å². The largest absolute Gasteiger partial charge is 0.497 e. The Morgan fingerprint density at radius 2 is 1.97 bits per heavy atom. The standard InChI is InChI=1S/C23H20BrN3O2S/c1-15-12-16(10-11-19(15)24)25-22(28)14-27(17-6-5-7-18(13-17)29-2)23-26-20-8-3-4-9-21(20)30-23/h3-13H,14H2,1-2H3,(H,25,28). The molecule has 0 aliphatic rings. The van der Waals surface area contributed by atoms with Crippen molar-refractivity contribution in [2.75, 3.05) is 23.9 Å². The number of rotatable bonds is 6. The van der Waals surface area contributed by atoms with E-state index in [1.807, 2.05) is 78.6 Å². The first-order chi connectivity index (χ1) is 14.5. The van der Waals surface area contributed by atoms with Gasteiger partial charge in [-0.05, 0) is 55.0 Å². The van der Waals surface area contributed by atoms with Crippen LogP contribution in [-0.2, 0) is 4.79 Å². The summed E-state index contributed by atoms with van der Waals surface area (Å²) in [6, 6.07) is 21.3. The number of carbonyl (C=O) groups is 1. The third-order valence-electron chi connectivity index (χ3n) is 4.62. The number of fused-ring (bicyclic) bond motifs is 1. The lowest BCUT2D eigenvalue weighted by Gasteiger charge is -2.22. The molecule has 0 spiro atoms. The third kappa shape index (κ3) is 4.47. The van der Waals surface area contributed by atoms with E-state index in [2.05, 4.69) is 21.2 Å². The molecule has 30 heavy (non-hydrogen) atoms. The van der Waals surface area contributed by atoms with E-state index >= 15 is 0 Å². The molecule has 4 aromatic rings. The van der Waals surface area contributed by atoms with E-state index in [4.69, 9.17) is 9.72 Å². The zero-order valence-electron chi connectivity index (χ0n) is 16.6. The van der Waals surface area contributed by atoms with E-state index in [9.17, 15) is 4.79 Å². The summed E-state index contributed by atoms with van der Waals surface area (Å²) in [5.41, 5.74) is 3.57. The molecular weight excluding hydrogens is 462 g/mol. The molecule has 152 valence electrons. The molecule has 0 aliphatic heterocycles. The van der Waals surface area contributed by atoms with Gasteiger partial charge >= 0.3 is 0 Å². The molecule has 0 unspecified atom stereocenters. The normalized spacial score (nSPS) is 10.8. The summed E-state index contributed by atoms with van der Waals surface area (Å²) < 4.78 is 7.46. The number of para-hydroxylation sites is 1. The van der Waals surface area contributed by atoms with Crippen LogP contribution in [0.3, 0.4) is 0 Å². The minimum atomic E-state index is -0.126. The first kappa shape index (κ1) is 20.4. The highest BCUT2D eigenvalue weighted by molar-refractivity contribution is 9.10. The van der Waals surface area contributed by atoms with Crippen LogP contribution in [0.4, 0.5) is 16.5 Å². The number of hydrogen-bond donors (Lipinski definition) is 1. The van der Waals surface area contributed by atoms with Gasteiger partial charge in [0.15, 0.2) is 5.13 Å². The predicted molar refractivity (Wildman–Crippen MR) is 127 cm³/mol. The zero-order valence-corrected chi connectivity index (χ0v) is 19.0. The molecule has 0 fully saturated rings. The van der Waals surface area contributed by atoms with Gasteiger partial charge in [-0.15, -0.1) is 0 Å². The van der Waals surface area contributed by atoms with Crippen molar-refractivity contribution < 1.29 is 9.53 Å². The van der Waals surface area contributed by atoms with Crippen molar-refractivity contribution in [3.63, 3.8) is 0 Å². The first-order valence-corrected chi connectivity index (χ1v) is 11.0. The fourth-order valence-electron chi connectivity index (χ4n) is 3.09. The predicted octanol–water partition coefficient (Wildman–Crippen LogP) is 6.15. The highest BCUT2D eigenvalue weighted by Crippen LogP contribution is 2.34. The fourth-order valence-corrected chi connectivity index (χ4v) is 4.32. The van der Waals surface area contributed by atoms with Gasteiger partial charge in [-0.2, -0.15) is 0 Å². The average molecular weight is 482 g/mol. The summed E-state index contributed by atoms with van der Waals surface area (Å²) in [6.45, 7) is 2.12. The van der Waals surface area contributed by atoms with Gasteiger partial charge in [-0.25, -0.2) is 4.98 Å². The number of anilines is 3. The summed E-state index contributed by atoms with van der Waals surface area (Å²) >= 11 is 5.04. The van der Waals surface area contributed by atoms with Gasteiger partial charge in [-0.1, -0.05) is 45.5 Å². The highest BCUT2D eigenvalue weighted by Gasteiger charge is 2.19. The number of benzene rings is 3. The van der Waals surface area contributed by atoms with Gasteiger partial charge in [0, 0.05) is 21.9 Å². The molecule has 1 aromatic heterocycles. The number of amides is 1. The van der Waals surface area contributed by atoms with Crippen LogP contribution in [0.15, 0.2) is 71.2 Å². The maximum absolute atomic E-state index is 12.9. The van der Waals surface area contributed by atoms with E-state index in [0.717, 1.165) is 42.5 Å². The molecular formula is C23H20BrN3O2S. The number of carbonyl (C=O) groups excluding carboxylic acids is 1. The molecule has 0 bridgehead atoms. The lowest BCUT2D eigenvalue weighted by Crippen LogP contribution is -2.29. The summed E-state index contributed by atoms with van der Waals surface area (Å²) in [5, 5.41) is 3.74. The second-order valence-corrected chi connectivity index (χ2v) is 8.63. The molecule has 0 saturated heterocycles. The molecule has 0 saturated carbocycles. The van der Waals surface area contributed by atoms with Crippen LogP contribution in [-0.4, -0.2) is 24.5 Å². The molecule has 0 atom stereocenters. The third-order valence-corrected chi connectivity index (χ3v) is 6.57. The van der Waals surface area contributed by atoms with Crippen LogP contribution < -0.4 is 15.0 Å². The zero-order chi connectivity index (χ0) is 21.1. The van der Waals surface area contributed by atoms with Crippen molar-refractivity contribution in [2.45, 2.75) is 6.92 Å². The van der Waals surface area contributed by atoms with Gasteiger partial charge in [0.25, 0.3) is 0 Å². The maximum atomic E-state index is 12.9. The van der Waals surface area contributed by atoms with Crippen molar-refractivity contribution in [2.24, 2.45) is 0 Å². The molecule has 5 nitrogen and oxygen atoms in total. The van der Waals surface area contributed by atoms with E-state index in [-0.39, 0.29) is 12.5 Å². The summed E-state index contributed by atoms with van der Waals surface area (Å²) in [5.74, 6) is 0.598. The Labute approximate surface area is 187 Å².